The molecule has 578 valence electrons. The summed E-state index contributed by atoms with van der Waals surface area (Å²) >= 11 is 3.36. The molecule has 0 aliphatic heterocycles. The van der Waals surface area contributed by atoms with Crippen LogP contribution in [0.4, 0.5) is 74.7 Å². The van der Waals surface area contributed by atoms with Crippen LogP contribution in [0.2, 0.25) is 0 Å². The molecule has 4 amide bonds. The number of nitrogens with zero attached hydrogens (tertiary/aromatic N) is 10. The minimum Gasteiger partial charge on any atom is -0.496 e. The average Bonchev–Trinajstić information content (AvgIpc) is 1.39. The topological polar surface area (TPSA) is 206 Å². The Morgan fingerprint density at radius 2 is 1.06 bits per heavy atom. The number of aryl methyl sites for hydroxylation is 1. The molecule has 4 fully saturated rings. The van der Waals surface area contributed by atoms with E-state index in [1.54, 1.807) is 24.3 Å². The Kier molecular flexibility index (Phi) is 22.5. The summed E-state index contributed by atoms with van der Waals surface area (Å²) in [4.78, 5) is 74.7. The maximum atomic E-state index is 14.2. The molecule has 4 aliphatic rings. The van der Waals surface area contributed by atoms with Crippen LogP contribution in [0.3, 0.4) is 0 Å². The summed E-state index contributed by atoms with van der Waals surface area (Å²) in [6, 6.07) is 26.1. The van der Waals surface area contributed by atoms with Crippen molar-refractivity contribution in [2.24, 2.45) is 22.7 Å². The highest BCUT2D eigenvalue weighted by Gasteiger charge is 2.68. The van der Waals surface area contributed by atoms with Crippen molar-refractivity contribution in [3.63, 3.8) is 0 Å². The van der Waals surface area contributed by atoms with E-state index in [1.165, 1.54) is 95.0 Å². The lowest BCUT2D eigenvalue weighted by molar-refractivity contribution is -0.242. The quantitative estimate of drug-likeness (QED) is 0.0536. The molecular weight excluding hydrogens is 1500 g/mol. The molecule has 6 aromatic carbocycles. The zero-order valence-corrected chi connectivity index (χ0v) is 64.2. The molecule has 4 atom stereocenters. The lowest BCUT2D eigenvalue weighted by Gasteiger charge is -2.47. The summed E-state index contributed by atoms with van der Waals surface area (Å²) in [5.41, 5.74) is 3.10. The van der Waals surface area contributed by atoms with Crippen LogP contribution in [0.5, 0.6) is 5.75 Å². The first-order valence-electron chi connectivity index (χ1n) is 35.8. The molecular formula is C81H84BrF9N14O5. The first kappa shape index (κ1) is 80.5. The van der Waals surface area contributed by atoms with E-state index in [2.05, 4.69) is 114 Å². The fraction of sp³-hybridized carbons (Fsp3) is 0.407. The Hall–Kier alpha value is -10.6. The second kappa shape index (κ2) is 30.7. The number of alkyl halides is 6. The molecule has 19 nitrogen and oxygen atoms in total. The highest BCUT2D eigenvalue weighted by atomic mass is 79.9. The van der Waals surface area contributed by atoms with Crippen LogP contribution in [-0.2, 0) is 24.7 Å². The zero-order chi connectivity index (χ0) is 80.1. The van der Waals surface area contributed by atoms with Gasteiger partial charge in [0.2, 0.25) is 47.4 Å². The summed E-state index contributed by atoms with van der Waals surface area (Å²) in [5, 5.41) is 11.1. The van der Waals surface area contributed by atoms with Crippen LogP contribution in [0, 0.1) is 60.2 Å². The number of hydrogen-bond donors (Lipinski definition) is 4. The lowest BCUT2D eigenvalue weighted by atomic mass is 9.67. The first-order valence-corrected chi connectivity index (χ1v) is 36.6. The number of amides is 4. The van der Waals surface area contributed by atoms with Crippen LogP contribution in [-0.4, -0.2) is 92.1 Å². The van der Waals surface area contributed by atoms with Crippen LogP contribution >= 0.6 is 15.9 Å². The van der Waals surface area contributed by atoms with Crippen LogP contribution in [0.15, 0.2) is 114 Å². The fourth-order valence-corrected chi connectivity index (χ4v) is 14.5. The van der Waals surface area contributed by atoms with E-state index in [1.807, 2.05) is 37.5 Å². The maximum absolute atomic E-state index is 14.2. The van der Waals surface area contributed by atoms with E-state index < -0.39 is 84.2 Å². The highest BCUT2D eigenvalue weighted by Crippen LogP contribution is 2.57. The monoisotopic (exact) mass is 1580 g/mol. The lowest BCUT2D eigenvalue weighted by Crippen LogP contribution is -2.60. The predicted octanol–water partition coefficient (Wildman–Crippen LogP) is 21.2. The molecule has 10 aromatic rings. The number of nitrogens with one attached hydrogen (secondary N) is 4. The number of imidazole rings is 4. The Morgan fingerprint density at radius 3 is 1.53 bits per heavy atom. The number of benzene rings is 6. The number of hydrogen-bond acceptors (Lipinski definition) is 9. The minimum atomic E-state index is -3.47. The molecule has 4 heterocycles. The standard InChI is InChI=1S/C22H18F4N4O2.C21H16F4N4O.C20H27N3O.C18H23BrFN3O/c1-21(24)12(11-22(21,25)26)8-18(31)28-20-29-19-16(9-14(27-2)10-17(19)32-3)30(20)15-6-4-13(23)5-7-15;1-20(23)12(11-21(20,24)25)9-18(30)28-19-27-16-8-5-14(26-2)10-17(16)29(19)15-6-3-13(22)4-7-15;1-6-15-13(2)10-11-16-18(15)23(14-8-7-9-14)19(21-16)22-17(24)12-20(3,4)5;1-17(2,3)10-13(24)22-16-21-12-7-6-11(20)14(19)15(12)23(16)18(4)8-5-9-18/h4-7,9-10,12H,8,11H2,1,3H3,(H,28,29,31);3-8,10,12H,9,11H2,1H3,(H,27,28,30);6,10-11,14H,1,7-9,12H2,2-5H3,(H,21,22,24);6-7H,5,8-10H2,1-4H3,(H,21,22,24). The van der Waals surface area contributed by atoms with Crippen molar-refractivity contribution in [3.8, 4) is 17.1 Å². The molecule has 4 aliphatic carbocycles. The second-order valence-electron chi connectivity index (χ2n) is 31.5. The molecule has 14 rings (SSSR count). The number of carbonyl (C=O) groups is 4. The Balaban J connectivity index is 0.000000147. The van der Waals surface area contributed by atoms with Crippen LogP contribution < -0.4 is 26.0 Å². The summed E-state index contributed by atoms with van der Waals surface area (Å²) in [6.07, 6.45) is 7.09. The predicted molar refractivity (Wildman–Crippen MR) is 411 cm³/mol. The Bertz CT molecular complexity index is 5320. The van der Waals surface area contributed by atoms with Crippen molar-refractivity contribution in [1.82, 2.24) is 38.2 Å². The second-order valence-corrected chi connectivity index (χ2v) is 32.2. The van der Waals surface area contributed by atoms with E-state index in [4.69, 9.17) is 22.9 Å². The Morgan fingerprint density at radius 1 is 0.600 bits per heavy atom. The molecule has 4 unspecified atom stereocenters. The van der Waals surface area contributed by atoms with Gasteiger partial charge in [-0.2, -0.15) is 0 Å². The van der Waals surface area contributed by atoms with Gasteiger partial charge in [-0.1, -0.05) is 66.3 Å². The maximum Gasteiger partial charge on any atom is 0.281 e. The van der Waals surface area contributed by atoms with Gasteiger partial charge in [0, 0.05) is 78.9 Å². The highest BCUT2D eigenvalue weighted by molar-refractivity contribution is 9.10. The number of ether oxygens (including phenoxy) is 1. The van der Waals surface area contributed by atoms with Gasteiger partial charge in [0.1, 0.15) is 28.7 Å². The SMILES string of the molecule is C=Cc1c(C)ccc2nc(NC(=O)CC(C)(C)C)n(C3CCC3)c12.CC(C)(C)CC(=O)Nc1nc2ccc(F)c(Br)c2n1C1(C)CCC1.[C-]#[N+]c1cc(OC)c2nc(NC(=O)CC3CC(F)(F)C3(C)F)n(-c3ccc(F)cc3)c2c1.[C-]#[N+]c1ccc2nc(NC(=O)CC3CC(F)(F)C3(C)F)n(-c3ccc(F)cc3)c2c1. The van der Waals surface area contributed by atoms with E-state index >= 15 is 0 Å². The van der Waals surface area contributed by atoms with Gasteiger partial charge < -0.3 is 13.9 Å². The van der Waals surface area contributed by atoms with Crippen molar-refractivity contribution in [3.05, 3.63) is 166 Å². The summed E-state index contributed by atoms with van der Waals surface area (Å²) in [5.74, 6) is -10.3. The van der Waals surface area contributed by atoms with Gasteiger partial charge in [0.15, 0.2) is 22.7 Å². The molecule has 0 saturated heterocycles. The Labute approximate surface area is 638 Å². The summed E-state index contributed by atoms with van der Waals surface area (Å²) < 4.78 is 136. The molecule has 110 heavy (non-hydrogen) atoms. The molecule has 0 bridgehead atoms. The summed E-state index contributed by atoms with van der Waals surface area (Å²) in [7, 11) is 1.40. The molecule has 4 aromatic heterocycles. The number of rotatable bonds is 16. The first-order chi connectivity index (χ1) is 51.6. The van der Waals surface area contributed by atoms with E-state index in [9.17, 15) is 58.7 Å². The minimum absolute atomic E-state index is 0.00341. The van der Waals surface area contributed by atoms with Crippen LogP contribution in [0.1, 0.15) is 157 Å². The van der Waals surface area contributed by atoms with Gasteiger partial charge in [-0.3, -0.25) is 49.6 Å². The van der Waals surface area contributed by atoms with Gasteiger partial charge in [0.05, 0.1) is 63.3 Å². The van der Waals surface area contributed by atoms with Gasteiger partial charge in [-0.15, -0.1) is 0 Å². The average molecular weight is 1580 g/mol. The smallest absolute Gasteiger partial charge is 0.281 e. The number of methoxy groups -OCH3 is 1. The van der Waals surface area contributed by atoms with Crippen molar-refractivity contribution >= 4 is 125 Å². The molecule has 4 saturated carbocycles. The third-order valence-corrected chi connectivity index (χ3v) is 21.4. The van der Waals surface area contributed by atoms with Crippen molar-refractivity contribution in [2.75, 3.05) is 28.4 Å². The third kappa shape index (κ3) is 16.5. The number of carbonyl (C=O) groups excluding carboxylic acids is 4. The number of fused-ring (bicyclic) bond motifs is 4. The molecule has 0 radical (unpaired) electrons. The molecule has 29 heteroatoms. The molecule has 0 spiro atoms. The number of halogens is 10. The zero-order valence-electron chi connectivity index (χ0n) is 62.6. The van der Waals surface area contributed by atoms with E-state index in [0.717, 1.165) is 62.5 Å². The summed E-state index contributed by atoms with van der Waals surface area (Å²) in [6.45, 7) is 36.6. The number of anilines is 4. The van der Waals surface area contributed by atoms with Crippen LogP contribution in [0.25, 0.3) is 71.3 Å². The van der Waals surface area contributed by atoms with Gasteiger partial charge in [-0.25, -0.2) is 69.1 Å². The normalized spacial score (nSPS) is 19.4. The van der Waals surface area contributed by atoms with Crippen molar-refractivity contribution in [2.45, 2.75) is 181 Å². The van der Waals surface area contributed by atoms with E-state index in [0.29, 0.717) is 85.4 Å². The largest absolute Gasteiger partial charge is 0.496 e. The fourth-order valence-electron chi connectivity index (χ4n) is 14.0. The van der Waals surface area contributed by atoms with Crippen molar-refractivity contribution in [1.29, 1.82) is 0 Å². The van der Waals surface area contributed by atoms with Gasteiger partial charge >= 0.3 is 0 Å². The van der Waals surface area contributed by atoms with Gasteiger partial charge in [0.25, 0.3) is 11.8 Å². The molecule has 4 N–H and O–H groups in total. The van der Waals surface area contributed by atoms with Crippen molar-refractivity contribution < 1.29 is 63.4 Å². The number of aromatic nitrogens is 8. The van der Waals surface area contributed by atoms with E-state index in [-0.39, 0.29) is 57.3 Å². The third-order valence-electron chi connectivity index (χ3n) is 20.6. The van der Waals surface area contributed by atoms with Gasteiger partial charge in [-0.05, 0) is 190 Å².